The first-order chi connectivity index (χ1) is 12.5. The van der Waals surface area contributed by atoms with Crippen LogP contribution in [0, 0.1) is 5.41 Å². The van der Waals surface area contributed by atoms with Crippen molar-refractivity contribution in [3.8, 4) is 0 Å². The quantitative estimate of drug-likeness (QED) is 0.860. The van der Waals surface area contributed by atoms with Crippen LogP contribution in [0.4, 0.5) is 18.0 Å². The molecule has 1 amide bonds. The summed E-state index contributed by atoms with van der Waals surface area (Å²) in [6, 6.07) is 3.11. The Morgan fingerprint density at radius 2 is 2.04 bits per heavy atom. The summed E-state index contributed by atoms with van der Waals surface area (Å²) in [7, 11) is 0. The molecule has 5 nitrogen and oxygen atoms in total. The van der Waals surface area contributed by atoms with Gasteiger partial charge in [-0.3, -0.25) is 4.98 Å². The minimum absolute atomic E-state index is 0.0657. The van der Waals surface area contributed by atoms with E-state index in [1.807, 2.05) is 0 Å². The molecular formula is C18H23F3N2O3. The first-order valence-electron chi connectivity index (χ1n) is 8.83. The van der Waals surface area contributed by atoms with Gasteiger partial charge in [0.1, 0.15) is 6.67 Å². The molecule has 1 spiro atoms. The third-order valence-corrected chi connectivity index (χ3v) is 5.56. The van der Waals surface area contributed by atoms with Gasteiger partial charge < -0.3 is 14.7 Å². The largest absolute Gasteiger partial charge is 0.441 e. The molecule has 2 fully saturated rings. The third-order valence-electron chi connectivity index (χ3n) is 5.56. The van der Waals surface area contributed by atoms with Crippen LogP contribution in [0.25, 0.3) is 0 Å². The number of amides is 1. The van der Waals surface area contributed by atoms with Crippen molar-refractivity contribution in [2.24, 2.45) is 5.41 Å². The molecular weight excluding hydrogens is 349 g/mol. The molecule has 1 atom stereocenters. The molecule has 26 heavy (non-hydrogen) atoms. The van der Waals surface area contributed by atoms with Crippen molar-refractivity contribution in [1.29, 1.82) is 0 Å². The molecule has 0 bridgehead atoms. The lowest BCUT2D eigenvalue weighted by molar-refractivity contribution is -0.0115. The van der Waals surface area contributed by atoms with E-state index in [4.69, 9.17) is 9.84 Å². The number of ether oxygens (including phenoxy) is 1. The Bertz CT molecular complexity index is 607. The zero-order valence-electron chi connectivity index (χ0n) is 14.4. The molecule has 2 heterocycles. The number of aromatic nitrogens is 1. The van der Waals surface area contributed by atoms with Gasteiger partial charge in [-0.05, 0) is 43.2 Å². The lowest BCUT2D eigenvalue weighted by Crippen LogP contribution is -2.49. The van der Waals surface area contributed by atoms with Crippen molar-refractivity contribution in [3.05, 3.63) is 29.6 Å². The highest BCUT2D eigenvalue weighted by atomic mass is 19.3. The van der Waals surface area contributed by atoms with E-state index in [1.54, 1.807) is 11.0 Å². The van der Waals surface area contributed by atoms with Crippen LogP contribution in [-0.2, 0) is 4.74 Å². The summed E-state index contributed by atoms with van der Waals surface area (Å²) in [4.78, 5) is 17.7. The summed E-state index contributed by atoms with van der Waals surface area (Å²) >= 11 is 0. The number of rotatable bonds is 5. The van der Waals surface area contributed by atoms with Gasteiger partial charge in [-0.1, -0.05) is 0 Å². The Morgan fingerprint density at radius 1 is 1.35 bits per heavy atom. The zero-order chi connectivity index (χ0) is 18.7. The normalized spacial score (nSPS) is 20.9. The molecule has 2 aliphatic rings. The predicted octanol–water partition coefficient (Wildman–Crippen LogP) is 3.45. The molecule has 8 heteroatoms. The van der Waals surface area contributed by atoms with Gasteiger partial charge in [-0.15, -0.1) is 0 Å². The molecule has 1 aromatic rings. The highest BCUT2D eigenvalue weighted by Gasteiger charge is 2.47. The van der Waals surface area contributed by atoms with E-state index >= 15 is 0 Å². The van der Waals surface area contributed by atoms with E-state index in [0.29, 0.717) is 13.1 Å². The highest BCUT2D eigenvalue weighted by Crippen LogP contribution is 2.56. The summed E-state index contributed by atoms with van der Waals surface area (Å²) in [5.74, 6) is 0.269. The van der Waals surface area contributed by atoms with Gasteiger partial charge >= 0.3 is 6.09 Å². The van der Waals surface area contributed by atoms with Crippen LogP contribution in [0.3, 0.4) is 0 Å². The number of likely N-dealkylation sites (tertiary alicyclic amines) is 1. The first kappa shape index (κ1) is 18.9. The van der Waals surface area contributed by atoms with E-state index in [0.717, 1.165) is 31.4 Å². The molecule has 0 aromatic carbocycles. The highest BCUT2D eigenvalue weighted by molar-refractivity contribution is 5.68. The molecule has 1 N–H and O–H groups in total. The summed E-state index contributed by atoms with van der Waals surface area (Å²) < 4.78 is 42.6. The van der Waals surface area contributed by atoms with Crippen molar-refractivity contribution in [1.82, 2.24) is 9.88 Å². The topological polar surface area (TPSA) is 62.7 Å². The second-order valence-corrected chi connectivity index (χ2v) is 7.25. The number of piperidine rings is 1. The van der Waals surface area contributed by atoms with Gasteiger partial charge in [0.05, 0.1) is 6.61 Å². The van der Waals surface area contributed by atoms with Crippen molar-refractivity contribution in [3.63, 3.8) is 0 Å². The second kappa shape index (κ2) is 7.82. The Balaban J connectivity index is 1.48. The maximum absolute atomic E-state index is 12.6. The van der Waals surface area contributed by atoms with Gasteiger partial charge in [0.15, 0.2) is 6.10 Å². The van der Waals surface area contributed by atoms with Crippen molar-refractivity contribution in [2.75, 3.05) is 26.4 Å². The fourth-order valence-corrected chi connectivity index (χ4v) is 3.89. The molecule has 0 radical (unpaired) electrons. The molecule has 1 aliphatic carbocycles. The van der Waals surface area contributed by atoms with Gasteiger partial charge in [0.25, 0.3) is 6.43 Å². The average Bonchev–Trinajstić information content (AvgIpc) is 2.64. The smallest absolute Gasteiger partial charge is 0.410 e. The molecule has 1 saturated heterocycles. The van der Waals surface area contributed by atoms with Gasteiger partial charge in [0.2, 0.25) is 0 Å². The monoisotopic (exact) mass is 372 g/mol. The van der Waals surface area contributed by atoms with Crippen LogP contribution in [0.5, 0.6) is 0 Å². The Labute approximate surface area is 150 Å². The lowest BCUT2D eigenvalue weighted by Gasteiger charge is -2.52. The number of alkyl halides is 3. The number of nitrogens with zero attached hydrogens (tertiary/aromatic N) is 2. The van der Waals surface area contributed by atoms with Crippen LogP contribution in [0.2, 0.25) is 0 Å². The first-order valence-corrected chi connectivity index (χ1v) is 8.83. The Hall–Kier alpha value is -1.83. The van der Waals surface area contributed by atoms with E-state index in [1.165, 1.54) is 12.3 Å². The van der Waals surface area contributed by atoms with Gasteiger partial charge in [0, 0.05) is 36.5 Å². The van der Waals surface area contributed by atoms with Crippen molar-refractivity contribution in [2.45, 2.75) is 44.1 Å². The maximum Gasteiger partial charge on any atom is 0.410 e. The van der Waals surface area contributed by atoms with Crippen LogP contribution >= 0.6 is 0 Å². The standard InChI is InChI=1S/C18H23F3N2O3/c19-9-14(11-24)26-17(25)23-5-3-18(4-6-23)7-13(8-18)15-2-1-12(10-22-15)16(20)21/h1-2,10,13-14,16,24H,3-9,11H2. The van der Waals surface area contributed by atoms with Crippen LogP contribution < -0.4 is 0 Å². The second-order valence-electron chi connectivity index (χ2n) is 7.25. The summed E-state index contributed by atoms with van der Waals surface area (Å²) in [6.07, 6.45) is 0.565. The molecule has 1 saturated carbocycles. The minimum atomic E-state index is -2.50. The SMILES string of the molecule is O=C(OC(CO)CF)N1CCC2(CC1)CC(c1ccc(C(F)F)cn1)C2. The zero-order valence-corrected chi connectivity index (χ0v) is 14.4. The van der Waals surface area contributed by atoms with Crippen LogP contribution in [-0.4, -0.2) is 53.6 Å². The fourth-order valence-electron chi connectivity index (χ4n) is 3.89. The van der Waals surface area contributed by atoms with E-state index in [9.17, 15) is 18.0 Å². The summed E-state index contributed by atoms with van der Waals surface area (Å²) in [5, 5.41) is 8.91. The third kappa shape index (κ3) is 3.95. The van der Waals surface area contributed by atoms with Gasteiger partial charge in [-0.25, -0.2) is 18.0 Å². The lowest BCUT2D eigenvalue weighted by atomic mass is 9.57. The number of carbonyl (C=O) groups excluding carboxylic acids is 1. The molecule has 1 aromatic heterocycles. The number of aliphatic hydroxyl groups is 1. The minimum Gasteiger partial charge on any atom is -0.441 e. The maximum atomic E-state index is 12.6. The van der Waals surface area contributed by atoms with Crippen molar-refractivity contribution < 1.29 is 27.8 Å². The average molecular weight is 372 g/mol. The van der Waals surface area contributed by atoms with E-state index in [-0.39, 0.29) is 16.9 Å². The Kier molecular flexibility index (Phi) is 5.70. The van der Waals surface area contributed by atoms with Crippen molar-refractivity contribution >= 4 is 6.09 Å². The number of halogens is 3. The van der Waals surface area contributed by atoms with E-state index < -0.39 is 31.9 Å². The van der Waals surface area contributed by atoms with E-state index in [2.05, 4.69) is 4.98 Å². The summed E-state index contributed by atoms with van der Waals surface area (Å²) in [6.45, 7) is -0.362. The molecule has 144 valence electrons. The molecule has 3 rings (SSSR count). The number of hydrogen-bond acceptors (Lipinski definition) is 4. The van der Waals surface area contributed by atoms with Crippen LogP contribution in [0.15, 0.2) is 18.3 Å². The number of pyridine rings is 1. The van der Waals surface area contributed by atoms with Crippen LogP contribution in [0.1, 0.15) is 49.3 Å². The fraction of sp³-hybridized carbons (Fsp3) is 0.667. The number of carbonyl (C=O) groups is 1. The molecule has 1 unspecified atom stereocenters. The Morgan fingerprint density at radius 3 is 2.54 bits per heavy atom. The molecule has 1 aliphatic heterocycles. The number of aliphatic hydroxyl groups excluding tert-OH is 1. The number of hydrogen-bond donors (Lipinski definition) is 1. The van der Waals surface area contributed by atoms with Gasteiger partial charge in [-0.2, -0.15) is 0 Å². The predicted molar refractivity (Wildman–Crippen MR) is 87.7 cm³/mol. The summed E-state index contributed by atoms with van der Waals surface area (Å²) in [5.41, 5.74) is 0.931.